The number of para-hydroxylation sites is 1. The van der Waals surface area contributed by atoms with Gasteiger partial charge in [-0.05, 0) is 30.7 Å². The average molecular weight is 406 g/mol. The molecule has 0 saturated heterocycles. The fourth-order valence-electron chi connectivity index (χ4n) is 3.13. The van der Waals surface area contributed by atoms with Crippen molar-refractivity contribution in [1.82, 2.24) is 15.3 Å². The number of amides is 1. The zero-order chi connectivity index (χ0) is 20.9. The van der Waals surface area contributed by atoms with Crippen LogP contribution in [0, 0.1) is 6.92 Å². The van der Waals surface area contributed by atoms with Crippen LogP contribution >= 0.6 is 0 Å². The Balaban J connectivity index is 1.37. The van der Waals surface area contributed by atoms with E-state index in [1.807, 2.05) is 42.5 Å². The number of fused-ring (bicyclic) bond motifs is 1. The van der Waals surface area contributed by atoms with Crippen LogP contribution in [0.15, 0.2) is 48.7 Å². The summed E-state index contributed by atoms with van der Waals surface area (Å²) in [5, 5.41) is 6.05. The molecule has 1 amide bonds. The highest BCUT2D eigenvalue weighted by Crippen LogP contribution is 2.32. The predicted molar refractivity (Wildman–Crippen MR) is 111 cm³/mol. The van der Waals surface area contributed by atoms with Crippen molar-refractivity contribution < 1.29 is 19.0 Å². The van der Waals surface area contributed by atoms with E-state index in [1.54, 1.807) is 14.0 Å². The summed E-state index contributed by atoms with van der Waals surface area (Å²) in [7, 11) is 1.61. The number of anilines is 1. The molecule has 8 heteroatoms. The molecule has 2 N–H and O–H groups in total. The summed E-state index contributed by atoms with van der Waals surface area (Å²) < 4.78 is 16.0. The molecule has 1 aliphatic rings. The van der Waals surface area contributed by atoms with Crippen molar-refractivity contribution in [3.05, 3.63) is 71.0 Å². The summed E-state index contributed by atoms with van der Waals surface area (Å²) in [4.78, 5) is 21.2. The minimum atomic E-state index is -0.235. The van der Waals surface area contributed by atoms with Crippen LogP contribution in [0.2, 0.25) is 0 Å². The Morgan fingerprint density at radius 1 is 1.13 bits per heavy atom. The van der Waals surface area contributed by atoms with E-state index in [2.05, 4.69) is 20.6 Å². The van der Waals surface area contributed by atoms with Gasteiger partial charge in [-0.15, -0.1) is 0 Å². The second kappa shape index (κ2) is 8.69. The molecule has 0 spiro atoms. The van der Waals surface area contributed by atoms with Crippen LogP contribution in [0.25, 0.3) is 0 Å². The number of carbonyl (C=O) groups excluding carboxylic acids is 1. The highest BCUT2D eigenvalue weighted by atomic mass is 16.7. The summed E-state index contributed by atoms with van der Waals surface area (Å²) >= 11 is 0. The first-order chi connectivity index (χ1) is 14.6. The van der Waals surface area contributed by atoms with Gasteiger partial charge in [-0.3, -0.25) is 4.79 Å². The molecule has 2 heterocycles. The van der Waals surface area contributed by atoms with E-state index in [1.165, 1.54) is 6.20 Å². The Morgan fingerprint density at radius 3 is 2.80 bits per heavy atom. The minimum Gasteiger partial charge on any atom is -0.496 e. The molecule has 0 atom stereocenters. The average Bonchev–Trinajstić information content (AvgIpc) is 3.24. The third-order valence-electron chi connectivity index (χ3n) is 4.74. The summed E-state index contributed by atoms with van der Waals surface area (Å²) in [5.41, 5.74) is 2.93. The summed E-state index contributed by atoms with van der Waals surface area (Å²) in [5.74, 6) is 2.42. The van der Waals surface area contributed by atoms with Gasteiger partial charge in [0.05, 0.1) is 18.4 Å². The third-order valence-corrected chi connectivity index (χ3v) is 4.74. The highest BCUT2D eigenvalue weighted by Gasteiger charge is 2.14. The van der Waals surface area contributed by atoms with Crippen molar-refractivity contribution in [2.24, 2.45) is 0 Å². The molecule has 0 bridgehead atoms. The smallest absolute Gasteiger partial charge is 0.254 e. The normalized spacial score (nSPS) is 11.8. The van der Waals surface area contributed by atoms with Crippen LogP contribution in [0.3, 0.4) is 0 Å². The number of ether oxygens (including phenoxy) is 3. The fourth-order valence-corrected chi connectivity index (χ4v) is 3.13. The van der Waals surface area contributed by atoms with Crippen molar-refractivity contribution in [1.29, 1.82) is 0 Å². The van der Waals surface area contributed by atoms with Gasteiger partial charge in [0.15, 0.2) is 11.5 Å². The topological polar surface area (TPSA) is 94.6 Å². The fraction of sp³-hybridized carbons (Fsp3) is 0.227. The monoisotopic (exact) mass is 406 g/mol. The van der Waals surface area contributed by atoms with E-state index in [4.69, 9.17) is 14.2 Å². The van der Waals surface area contributed by atoms with Crippen molar-refractivity contribution >= 4 is 11.9 Å². The van der Waals surface area contributed by atoms with E-state index in [-0.39, 0.29) is 12.7 Å². The lowest BCUT2D eigenvalue weighted by Crippen LogP contribution is -2.24. The molecule has 8 nitrogen and oxygen atoms in total. The molecular formula is C22H22N4O4. The van der Waals surface area contributed by atoms with Gasteiger partial charge in [0.25, 0.3) is 5.91 Å². The Kier molecular flexibility index (Phi) is 5.65. The van der Waals surface area contributed by atoms with Gasteiger partial charge in [0.2, 0.25) is 12.7 Å². The lowest BCUT2D eigenvalue weighted by Gasteiger charge is -2.11. The van der Waals surface area contributed by atoms with Gasteiger partial charge in [-0.25, -0.2) is 9.97 Å². The molecule has 1 aliphatic heterocycles. The predicted octanol–water partition coefficient (Wildman–Crippen LogP) is 3.06. The van der Waals surface area contributed by atoms with Crippen molar-refractivity contribution in [2.45, 2.75) is 20.0 Å². The van der Waals surface area contributed by atoms with E-state index in [0.717, 1.165) is 28.4 Å². The molecule has 3 aromatic rings. The number of nitrogens with one attached hydrogen (secondary N) is 2. The van der Waals surface area contributed by atoms with Crippen LogP contribution in [0.1, 0.15) is 27.2 Å². The second-order valence-corrected chi connectivity index (χ2v) is 6.73. The molecule has 154 valence electrons. The second-order valence-electron chi connectivity index (χ2n) is 6.73. The van der Waals surface area contributed by atoms with Gasteiger partial charge < -0.3 is 24.8 Å². The van der Waals surface area contributed by atoms with Gasteiger partial charge in [-0.1, -0.05) is 24.3 Å². The lowest BCUT2D eigenvalue weighted by molar-refractivity contribution is 0.0949. The number of hydrogen-bond acceptors (Lipinski definition) is 7. The van der Waals surface area contributed by atoms with E-state index in [9.17, 15) is 4.79 Å². The van der Waals surface area contributed by atoms with Crippen molar-refractivity contribution in [3.63, 3.8) is 0 Å². The first-order valence-electron chi connectivity index (χ1n) is 9.50. The number of methoxy groups -OCH3 is 1. The molecule has 30 heavy (non-hydrogen) atoms. The van der Waals surface area contributed by atoms with Gasteiger partial charge in [0.1, 0.15) is 5.75 Å². The molecule has 0 fully saturated rings. The van der Waals surface area contributed by atoms with Crippen LogP contribution in [0.5, 0.6) is 17.2 Å². The maximum absolute atomic E-state index is 12.6. The zero-order valence-electron chi connectivity index (χ0n) is 16.8. The number of benzene rings is 2. The molecular weight excluding hydrogens is 384 g/mol. The van der Waals surface area contributed by atoms with Gasteiger partial charge in [-0.2, -0.15) is 0 Å². The zero-order valence-corrected chi connectivity index (χ0v) is 16.8. The van der Waals surface area contributed by atoms with E-state index >= 15 is 0 Å². The molecule has 0 aliphatic carbocycles. The Morgan fingerprint density at radius 2 is 1.97 bits per heavy atom. The summed E-state index contributed by atoms with van der Waals surface area (Å²) in [6, 6.07) is 13.3. The molecule has 4 rings (SSSR count). The minimum absolute atomic E-state index is 0.235. The Bertz CT molecular complexity index is 1070. The van der Waals surface area contributed by atoms with Gasteiger partial charge >= 0.3 is 0 Å². The number of rotatable bonds is 7. The lowest BCUT2D eigenvalue weighted by atomic mass is 10.2. The van der Waals surface area contributed by atoms with E-state index in [0.29, 0.717) is 30.3 Å². The highest BCUT2D eigenvalue weighted by molar-refractivity contribution is 5.95. The number of carbonyl (C=O) groups is 1. The number of nitrogens with zero attached hydrogens (tertiary/aromatic N) is 2. The van der Waals surface area contributed by atoms with Gasteiger partial charge in [0, 0.05) is 24.8 Å². The molecule has 0 saturated carbocycles. The van der Waals surface area contributed by atoms with Crippen molar-refractivity contribution in [2.75, 3.05) is 19.2 Å². The molecule has 2 aromatic carbocycles. The van der Waals surface area contributed by atoms with Crippen LogP contribution in [0.4, 0.5) is 5.95 Å². The standard InChI is InChI=1S/C22H22N4O4/c1-14-17(21(27)23-11-16-5-3-4-6-18(16)28-2)12-25-22(26-14)24-10-15-7-8-19-20(9-15)30-13-29-19/h3-9,12H,10-11,13H2,1-2H3,(H,23,27)(H,24,25,26). The third kappa shape index (κ3) is 4.27. The maximum Gasteiger partial charge on any atom is 0.254 e. The summed E-state index contributed by atoms with van der Waals surface area (Å²) in [6.07, 6.45) is 1.53. The molecule has 1 aromatic heterocycles. The summed E-state index contributed by atoms with van der Waals surface area (Å²) in [6.45, 7) is 2.91. The van der Waals surface area contributed by atoms with Crippen molar-refractivity contribution in [3.8, 4) is 17.2 Å². The number of aryl methyl sites for hydroxylation is 1. The number of hydrogen-bond donors (Lipinski definition) is 2. The Hall–Kier alpha value is -3.81. The van der Waals surface area contributed by atoms with Crippen LogP contribution < -0.4 is 24.8 Å². The quantitative estimate of drug-likeness (QED) is 0.623. The van der Waals surface area contributed by atoms with Crippen LogP contribution in [-0.2, 0) is 13.1 Å². The first-order valence-corrected chi connectivity index (χ1v) is 9.50. The number of aromatic nitrogens is 2. The van der Waals surface area contributed by atoms with E-state index < -0.39 is 0 Å². The first kappa shape index (κ1) is 19.5. The molecule has 0 unspecified atom stereocenters. The molecule has 0 radical (unpaired) electrons. The SMILES string of the molecule is COc1ccccc1CNC(=O)c1cnc(NCc2ccc3c(c2)OCO3)nc1C. The maximum atomic E-state index is 12.6. The van der Waals surface area contributed by atoms with Crippen LogP contribution in [-0.4, -0.2) is 29.8 Å². The largest absolute Gasteiger partial charge is 0.496 e. The Labute approximate surface area is 174 Å².